The molecule has 88 valence electrons. The lowest BCUT2D eigenvalue weighted by Crippen LogP contribution is -1.93. The summed E-state index contributed by atoms with van der Waals surface area (Å²) in [7, 11) is 3.26. The zero-order valence-electron chi connectivity index (χ0n) is 9.94. The van der Waals surface area contributed by atoms with E-state index in [1.807, 2.05) is 48.5 Å². The Morgan fingerprint density at radius 3 is 2.12 bits per heavy atom. The third-order valence-electron chi connectivity index (χ3n) is 2.45. The highest BCUT2D eigenvalue weighted by molar-refractivity contribution is 5.63. The first-order valence-corrected chi connectivity index (χ1v) is 5.37. The van der Waals surface area contributed by atoms with E-state index in [0.29, 0.717) is 5.75 Å². The molecule has 0 amide bonds. The fourth-order valence-electron chi connectivity index (χ4n) is 1.60. The zero-order chi connectivity index (χ0) is 12.1. The van der Waals surface area contributed by atoms with Crippen LogP contribution in [0.3, 0.4) is 0 Å². The second-order valence-electron chi connectivity index (χ2n) is 3.56. The predicted octanol–water partition coefficient (Wildman–Crippen LogP) is 3.45. The van der Waals surface area contributed by atoms with Crippen molar-refractivity contribution in [3.63, 3.8) is 0 Å². The van der Waals surface area contributed by atoms with Crippen molar-refractivity contribution < 1.29 is 9.47 Å². The first-order chi connectivity index (χ1) is 8.33. The van der Waals surface area contributed by atoms with E-state index in [1.54, 1.807) is 14.2 Å². The zero-order valence-corrected chi connectivity index (χ0v) is 9.94. The van der Waals surface area contributed by atoms with E-state index in [2.05, 4.69) is 5.32 Å². The number of para-hydroxylation sites is 1. The summed E-state index contributed by atoms with van der Waals surface area (Å²) >= 11 is 0. The summed E-state index contributed by atoms with van der Waals surface area (Å²) in [6, 6.07) is 15.7. The van der Waals surface area contributed by atoms with E-state index >= 15 is 0 Å². The number of methoxy groups -OCH3 is 2. The monoisotopic (exact) mass is 229 g/mol. The van der Waals surface area contributed by atoms with Crippen molar-refractivity contribution in [2.75, 3.05) is 19.5 Å². The maximum absolute atomic E-state index is 5.25. The molecule has 0 aliphatic heterocycles. The van der Waals surface area contributed by atoms with Crippen LogP contribution < -0.4 is 14.8 Å². The predicted molar refractivity (Wildman–Crippen MR) is 69.3 cm³/mol. The smallest absolute Gasteiger partial charge is 0.162 e. The molecule has 2 aromatic carbocycles. The Bertz CT molecular complexity index is 483. The minimum Gasteiger partial charge on any atom is -0.493 e. The van der Waals surface area contributed by atoms with Crippen LogP contribution in [0, 0.1) is 0 Å². The Kier molecular flexibility index (Phi) is 3.50. The molecular weight excluding hydrogens is 214 g/mol. The average molecular weight is 229 g/mol. The summed E-state index contributed by atoms with van der Waals surface area (Å²) in [5, 5.41) is 3.29. The number of nitrogens with one attached hydrogen (secondary N) is 1. The standard InChI is InChI=1S/C14H15NO2/c1-16-13-9-8-12(10-14(13)17-2)15-11-6-4-3-5-7-11/h3-10,15H,1-2H3. The Morgan fingerprint density at radius 2 is 1.47 bits per heavy atom. The van der Waals surface area contributed by atoms with Crippen LogP contribution in [-0.2, 0) is 0 Å². The lowest BCUT2D eigenvalue weighted by molar-refractivity contribution is 0.355. The van der Waals surface area contributed by atoms with Gasteiger partial charge in [0.25, 0.3) is 0 Å². The van der Waals surface area contributed by atoms with E-state index < -0.39 is 0 Å². The highest BCUT2D eigenvalue weighted by atomic mass is 16.5. The largest absolute Gasteiger partial charge is 0.493 e. The van der Waals surface area contributed by atoms with Crippen LogP contribution in [0.5, 0.6) is 11.5 Å². The molecule has 0 saturated carbocycles. The van der Waals surface area contributed by atoms with Crippen LogP contribution in [0.4, 0.5) is 11.4 Å². The van der Waals surface area contributed by atoms with Gasteiger partial charge in [-0.3, -0.25) is 0 Å². The van der Waals surface area contributed by atoms with Crippen molar-refractivity contribution in [3.05, 3.63) is 48.5 Å². The van der Waals surface area contributed by atoms with Gasteiger partial charge in [-0.15, -0.1) is 0 Å². The van der Waals surface area contributed by atoms with Gasteiger partial charge >= 0.3 is 0 Å². The normalized spacial score (nSPS) is 9.76. The molecular formula is C14H15NO2. The van der Waals surface area contributed by atoms with Gasteiger partial charge in [0, 0.05) is 17.4 Å². The Labute approximate surface area is 101 Å². The minimum absolute atomic E-state index is 0.716. The number of hydrogen-bond donors (Lipinski definition) is 1. The molecule has 0 unspecified atom stereocenters. The van der Waals surface area contributed by atoms with Crippen molar-refractivity contribution in [1.82, 2.24) is 0 Å². The summed E-state index contributed by atoms with van der Waals surface area (Å²) in [6.45, 7) is 0. The molecule has 1 N–H and O–H groups in total. The van der Waals surface area contributed by atoms with Gasteiger partial charge in [-0.1, -0.05) is 18.2 Å². The molecule has 0 fully saturated rings. The van der Waals surface area contributed by atoms with E-state index in [9.17, 15) is 0 Å². The SMILES string of the molecule is COc1ccc(Nc2ccccc2)cc1OC. The van der Waals surface area contributed by atoms with Crippen molar-refractivity contribution in [2.24, 2.45) is 0 Å². The molecule has 0 aromatic heterocycles. The molecule has 0 radical (unpaired) electrons. The minimum atomic E-state index is 0.716. The van der Waals surface area contributed by atoms with Gasteiger partial charge in [0.1, 0.15) is 0 Å². The van der Waals surface area contributed by atoms with Gasteiger partial charge in [0.05, 0.1) is 14.2 Å². The van der Waals surface area contributed by atoms with E-state index in [0.717, 1.165) is 17.1 Å². The maximum atomic E-state index is 5.25. The van der Waals surface area contributed by atoms with Crippen molar-refractivity contribution >= 4 is 11.4 Å². The third-order valence-corrected chi connectivity index (χ3v) is 2.45. The van der Waals surface area contributed by atoms with E-state index in [-0.39, 0.29) is 0 Å². The van der Waals surface area contributed by atoms with Crippen molar-refractivity contribution in [1.29, 1.82) is 0 Å². The quantitative estimate of drug-likeness (QED) is 0.871. The number of benzene rings is 2. The lowest BCUT2D eigenvalue weighted by Gasteiger charge is -2.11. The number of hydrogen-bond acceptors (Lipinski definition) is 3. The fourth-order valence-corrected chi connectivity index (χ4v) is 1.60. The molecule has 0 atom stereocenters. The van der Waals surface area contributed by atoms with Crippen LogP contribution in [0.25, 0.3) is 0 Å². The van der Waals surface area contributed by atoms with Gasteiger partial charge < -0.3 is 14.8 Å². The highest BCUT2D eigenvalue weighted by Crippen LogP contribution is 2.30. The van der Waals surface area contributed by atoms with Crippen LogP contribution in [0.15, 0.2) is 48.5 Å². The van der Waals surface area contributed by atoms with Gasteiger partial charge in [-0.2, -0.15) is 0 Å². The van der Waals surface area contributed by atoms with Gasteiger partial charge in [0.2, 0.25) is 0 Å². The van der Waals surface area contributed by atoms with Crippen molar-refractivity contribution in [3.8, 4) is 11.5 Å². The van der Waals surface area contributed by atoms with Crippen LogP contribution in [0.2, 0.25) is 0 Å². The lowest BCUT2D eigenvalue weighted by atomic mass is 10.2. The van der Waals surface area contributed by atoms with Crippen LogP contribution in [0.1, 0.15) is 0 Å². The van der Waals surface area contributed by atoms with Gasteiger partial charge in [0.15, 0.2) is 11.5 Å². The summed E-state index contributed by atoms with van der Waals surface area (Å²) in [5.74, 6) is 1.44. The molecule has 0 bridgehead atoms. The van der Waals surface area contributed by atoms with Crippen LogP contribution in [-0.4, -0.2) is 14.2 Å². The molecule has 2 aromatic rings. The average Bonchev–Trinajstić information content (AvgIpc) is 2.40. The molecule has 0 heterocycles. The Morgan fingerprint density at radius 1 is 0.765 bits per heavy atom. The first-order valence-electron chi connectivity index (χ1n) is 5.37. The highest BCUT2D eigenvalue weighted by Gasteiger charge is 2.04. The molecule has 0 saturated heterocycles. The Hall–Kier alpha value is -2.16. The second-order valence-corrected chi connectivity index (χ2v) is 3.56. The topological polar surface area (TPSA) is 30.5 Å². The molecule has 3 nitrogen and oxygen atoms in total. The fraction of sp³-hybridized carbons (Fsp3) is 0.143. The van der Waals surface area contributed by atoms with E-state index in [4.69, 9.17) is 9.47 Å². The second kappa shape index (κ2) is 5.25. The molecule has 0 aliphatic carbocycles. The van der Waals surface area contributed by atoms with E-state index in [1.165, 1.54) is 0 Å². The molecule has 0 aliphatic rings. The van der Waals surface area contributed by atoms with Crippen molar-refractivity contribution in [2.45, 2.75) is 0 Å². The molecule has 0 spiro atoms. The first kappa shape index (κ1) is 11.3. The third kappa shape index (κ3) is 2.69. The van der Waals surface area contributed by atoms with Gasteiger partial charge in [-0.25, -0.2) is 0 Å². The maximum Gasteiger partial charge on any atom is 0.162 e. The Balaban J connectivity index is 2.22. The summed E-state index contributed by atoms with van der Waals surface area (Å²) in [5.41, 5.74) is 2.01. The summed E-state index contributed by atoms with van der Waals surface area (Å²) < 4.78 is 10.4. The van der Waals surface area contributed by atoms with Gasteiger partial charge in [-0.05, 0) is 24.3 Å². The molecule has 2 rings (SSSR count). The molecule has 17 heavy (non-hydrogen) atoms. The number of ether oxygens (including phenoxy) is 2. The number of anilines is 2. The summed E-state index contributed by atoms with van der Waals surface area (Å²) in [4.78, 5) is 0. The van der Waals surface area contributed by atoms with Crippen LogP contribution >= 0.6 is 0 Å². The summed E-state index contributed by atoms with van der Waals surface area (Å²) in [6.07, 6.45) is 0. The molecule has 3 heteroatoms. The number of rotatable bonds is 4.